The third kappa shape index (κ3) is 6.44. The van der Waals surface area contributed by atoms with Crippen molar-refractivity contribution >= 4 is 23.2 Å². The fraction of sp³-hybridized carbons (Fsp3) is 0.259. The summed E-state index contributed by atoms with van der Waals surface area (Å²) in [6, 6.07) is 20.0. The van der Waals surface area contributed by atoms with Gasteiger partial charge in [-0.3, -0.25) is 9.59 Å². The van der Waals surface area contributed by atoms with Gasteiger partial charge in [0.1, 0.15) is 29.6 Å². The molecule has 182 valence electrons. The molecule has 3 aromatic carbocycles. The molecule has 8 heteroatoms. The van der Waals surface area contributed by atoms with Gasteiger partial charge in [-0.25, -0.2) is 0 Å². The molecule has 0 unspecified atom stereocenters. The maximum Gasteiger partial charge on any atom is 0.265 e. The van der Waals surface area contributed by atoms with Crippen LogP contribution in [0.3, 0.4) is 0 Å². The lowest BCUT2D eigenvalue weighted by atomic mass is 10.2. The van der Waals surface area contributed by atoms with Gasteiger partial charge in [0, 0.05) is 11.8 Å². The number of hydrogen-bond acceptors (Lipinski definition) is 6. The smallest absolute Gasteiger partial charge is 0.265 e. The second-order valence-corrected chi connectivity index (χ2v) is 7.92. The second kappa shape index (κ2) is 11.3. The van der Waals surface area contributed by atoms with Gasteiger partial charge in [-0.2, -0.15) is 0 Å². The maximum atomic E-state index is 12.4. The third-order valence-electron chi connectivity index (χ3n) is 5.30. The fourth-order valence-electron chi connectivity index (χ4n) is 3.56. The average molecular weight is 477 g/mol. The van der Waals surface area contributed by atoms with Crippen molar-refractivity contribution in [2.45, 2.75) is 13.8 Å². The number of fused-ring (bicyclic) bond motifs is 1. The Bertz CT molecular complexity index is 1160. The quantitative estimate of drug-likeness (QED) is 0.472. The van der Waals surface area contributed by atoms with Crippen LogP contribution in [-0.2, 0) is 9.59 Å². The molecule has 0 aliphatic carbocycles. The summed E-state index contributed by atoms with van der Waals surface area (Å²) < 4.78 is 22.3. The van der Waals surface area contributed by atoms with Crippen molar-refractivity contribution in [2.24, 2.45) is 0 Å². The first-order valence-corrected chi connectivity index (χ1v) is 11.4. The predicted octanol–water partition coefficient (Wildman–Crippen LogP) is 4.22. The first-order valence-electron chi connectivity index (χ1n) is 11.4. The van der Waals surface area contributed by atoms with Crippen molar-refractivity contribution in [3.8, 4) is 23.0 Å². The highest BCUT2D eigenvalue weighted by atomic mass is 16.5. The van der Waals surface area contributed by atoms with E-state index in [1.54, 1.807) is 47.4 Å². The zero-order valence-electron chi connectivity index (χ0n) is 19.8. The van der Waals surface area contributed by atoms with Crippen molar-refractivity contribution in [3.05, 3.63) is 72.3 Å². The Morgan fingerprint density at radius 3 is 2.31 bits per heavy atom. The summed E-state index contributed by atoms with van der Waals surface area (Å²) in [5, 5.41) is 2.79. The van der Waals surface area contributed by atoms with Crippen molar-refractivity contribution in [1.29, 1.82) is 0 Å². The number of benzene rings is 3. The molecular weight excluding hydrogens is 448 g/mol. The van der Waals surface area contributed by atoms with Crippen molar-refractivity contribution in [1.82, 2.24) is 0 Å². The van der Waals surface area contributed by atoms with E-state index in [0.717, 1.165) is 17.1 Å². The standard InChI is InChI=1S/C27H28N2O6/c1-3-32-21-9-11-23(12-10-21)34-17-26(30)28-20-6-13-24-25(16-20)35-18-27(31)29(24)14-15-33-22-7-4-19(2)5-8-22/h4-13,16H,3,14-15,17-18H2,1-2H3,(H,28,30). The lowest BCUT2D eigenvalue weighted by Crippen LogP contribution is -2.41. The summed E-state index contributed by atoms with van der Waals surface area (Å²) in [5.74, 6) is 2.12. The van der Waals surface area contributed by atoms with Crippen molar-refractivity contribution in [3.63, 3.8) is 0 Å². The van der Waals surface area contributed by atoms with Crippen LogP contribution in [0.2, 0.25) is 0 Å². The number of rotatable bonds is 10. The Kier molecular flexibility index (Phi) is 7.72. The van der Waals surface area contributed by atoms with Crippen LogP contribution in [0.4, 0.5) is 11.4 Å². The number of amides is 2. The van der Waals surface area contributed by atoms with Gasteiger partial charge < -0.3 is 29.2 Å². The van der Waals surface area contributed by atoms with Gasteiger partial charge in [-0.15, -0.1) is 0 Å². The highest BCUT2D eigenvalue weighted by molar-refractivity contribution is 5.99. The Morgan fingerprint density at radius 2 is 1.60 bits per heavy atom. The van der Waals surface area contributed by atoms with Crippen LogP contribution in [0.5, 0.6) is 23.0 Å². The highest BCUT2D eigenvalue weighted by Crippen LogP contribution is 2.34. The minimum atomic E-state index is -0.311. The Hall–Kier alpha value is -4.20. The molecule has 0 bridgehead atoms. The topological polar surface area (TPSA) is 86.3 Å². The molecule has 35 heavy (non-hydrogen) atoms. The van der Waals surface area contributed by atoms with E-state index in [0.29, 0.717) is 42.6 Å². The lowest BCUT2D eigenvalue weighted by Gasteiger charge is -2.29. The zero-order valence-corrected chi connectivity index (χ0v) is 19.8. The Morgan fingerprint density at radius 1 is 0.943 bits per heavy atom. The largest absolute Gasteiger partial charge is 0.494 e. The first kappa shape index (κ1) is 23.9. The summed E-state index contributed by atoms with van der Waals surface area (Å²) in [6.07, 6.45) is 0. The number of nitrogens with zero attached hydrogens (tertiary/aromatic N) is 1. The molecule has 1 aliphatic heterocycles. The van der Waals surface area contributed by atoms with E-state index in [2.05, 4.69) is 5.32 Å². The molecule has 0 fully saturated rings. The zero-order chi connectivity index (χ0) is 24.6. The molecule has 0 saturated carbocycles. The second-order valence-electron chi connectivity index (χ2n) is 7.92. The minimum Gasteiger partial charge on any atom is -0.494 e. The van der Waals surface area contributed by atoms with Crippen LogP contribution in [-0.4, -0.2) is 44.8 Å². The predicted molar refractivity (Wildman–Crippen MR) is 133 cm³/mol. The normalized spacial score (nSPS) is 12.4. The van der Waals surface area contributed by atoms with E-state index < -0.39 is 0 Å². The summed E-state index contributed by atoms with van der Waals surface area (Å²) in [4.78, 5) is 26.4. The van der Waals surface area contributed by atoms with Gasteiger partial charge in [-0.1, -0.05) is 17.7 Å². The van der Waals surface area contributed by atoms with Crippen LogP contribution < -0.4 is 29.2 Å². The number of ether oxygens (including phenoxy) is 4. The molecule has 0 atom stereocenters. The number of carbonyl (C=O) groups is 2. The molecule has 1 N–H and O–H groups in total. The monoisotopic (exact) mass is 476 g/mol. The van der Waals surface area contributed by atoms with E-state index >= 15 is 0 Å². The summed E-state index contributed by atoms with van der Waals surface area (Å²) in [7, 11) is 0. The highest BCUT2D eigenvalue weighted by Gasteiger charge is 2.26. The number of anilines is 2. The van der Waals surface area contributed by atoms with Gasteiger partial charge in [0.15, 0.2) is 13.2 Å². The van der Waals surface area contributed by atoms with E-state index in [1.807, 2.05) is 38.1 Å². The summed E-state index contributed by atoms with van der Waals surface area (Å²) in [5.41, 5.74) is 2.34. The minimum absolute atomic E-state index is 0.0736. The molecule has 0 aromatic heterocycles. The number of aryl methyl sites for hydroxylation is 1. The van der Waals surface area contributed by atoms with Gasteiger partial charge in [-0.05, 0) is 62.4 Å². The van der Waals surface area contributed by atoms with Crippen molar-refractivity contribution in [2.75, 3.05) is 43.2 Å². The fourth-order valence-corrected chi connectivity index (χ4v) is 3.56. The SMILES string of the molecule is CCOc1ccc(OCC(=O)Nc2ccc3c(c2)OCC(=O)N3CCOc2ccc(C)cc2)cc1. The van der Waals surface area contributed by atoms with E-state index in [1.165, 1.54) is 0 Å². The summed E-state index contributed by atoms with van der Waals surface area (Å²) >= 11 is 0. The van der Waals surface area contributed by atoms with Crippen LogP contribution in [0.25, 0.3) is 0 Å². The molecule has 1 heterocycles. The van der Waals surface area contributed by atoms with Crippen LogP contribution in [0.1, 0.15) is 12.5 Å². The number of nitrogens with one attached hydrogen (secondary N) is 1. The van der Waals surface area contributed by atoms with Gasteiger partial charge in [0.25, 0.3) is 11.8 Å². The average Bonchev–Trinajstić information content (AvgIpc) is 2.86. The number of carbonyl (C=O) groups excluding carboxylic acids is 2. The Balaban J connectivity index is 1.31. The number of hydrogen-bond donors (Lipinski definition) is 1. The molecule has 8 nitrogen and oxygen atoms in total. The van der Waals surface area contributed by atoms with Gasteiger partial charge >= 0.3 is 0 Å². The van der Waals surface area contributed by atoms with E-state index in [4.69, 9.17) is 18.9 Å². The van der Waals surface area contributed by atoms with Gasteiger partial charge in [0.05, 0.1) is 18.8 Å². The molecule has 3 aromatic rings. The molecule has 0 radical (unpaired) electrons. The van der Waals surface area contributed by atoms with Crippen molar-refractivity contribution < 1.29 is 28.5 Å². The van der Waals surface area contributed by atoms with Crippen LogP contribution >= 0.6 is 0 Å². The lowest BCUT2D eigenvalue weighted by molar-refractivity contribution is -0.121. The molecule has 0 spiro atoms. The maximum absolute atomic E-state index is 12.4. The van der Waals surface area contributed by atoms with Gasteiger partial charge in [0.2, 0.25) is 0 Å². The Labute approximate surface area is 204 Å². The molecular formula is C27H28N2O6. The van der Waals surface area contributed by atoms with Crippen LogP contribution in [0, 0.1) is 6.92 Å². The molecule has 2 amide bonds. The first-order chi connectivity index (χ1) is 17.0. The molecule has 1 aliphatic rings. The molecule has 0 saturated heterocycles. The van der Waals surface area contributed by atoms with E-state index in [-0.39, 0.29) is 25.0 Å². The van der Waals surface area contributed by atoms with E-state index in [9.17, 15) is 9.59 Å². The van der Waals surface area contributed by atoms with Crippen LogP contribution in [0.15, 0.2) is 66.7 Å². The molecule has 4 rings (SSSR count). The summed E-state index contributed by atoms with van der Waals surface area (Å²) in [6.45, 7) is 5.01. The third-order valence-corrected chi connectivity index (χ3v) is 5.30.